The number of likely N-dealkylation sites (N-methyl/N-ethyl adjacent to an activating group) is 1. The zero-order valence-corrected chi connectivity index (χ0v) is 9.77. The Morgan fingerprint density at radius 1 is 1.35 bits per heavy atom. The predicted molar refractivity (Wildman–Crippen MR) is 59.5 cm³/mol. The number of carbonyl (C=O) groups excluding carboxylic acids is 2. The lowest BCUT2D eigenvalue weighted by Gasteiger charge is -2.16. The lowest BCUT2D eigenvalue weighted by molar-refractivity contribution is -0.159. The summed E-state index contributed by atoms with van der Waals surface area (Å²) in [5, 5.41) is 0. The van der Waals surface area contributed by atoms with E-state index in [-0.39, 0.29) is 13.2 Å². The molecule has 0 heterocycles. The molecule has 1 rings (SSSR count). The van der Waals surface area contributed by atoms with Crippen LogP contribution < -0.4 is 0 Å². The first-order chi connectivity index (χ1) is 8.06. The lowest BCUT2D eigenvalue weighted by Crippen LogP contribution is -2.34. The van der Waals surface area contributed by atoms with Gasteiger partial charge in [-0.05, 0) is 13.0 Å². The standard InChI is InChI=1S/C12H14FNO3/c1-3-17-12(16)11(15)14(2)8-9-6-4-5-7-10(9)13/h4-7H,3,8H2,1-2H3. The van der Waals surface area contributed by atoms with Crippen molar-refractivity contribution in [1.82, 2.24) is 4.90 Å². The molecule has 17 heavy (non-hydrogen) atoms. The van der Waals surface area contributed by atoms with E-state index >= 15 is 0 Å². The maximum Gasteiger partial charge on any atom is 0.397 e. The monoisotopic (exact) mass is 239 g/mol. The van der Waals surface area contributed by atoms with E-state index in [0.717, 1.165) is 4.90 Å². The average Bonchev–Trinajstić information content (AvgIpc) is 2.31. The highest BCUT2D eigenvalue weighted by molar-refractivity contribution is 6.32. The molecule has 0 aliphatic carbocycles. The number of hydrogen-bond acceptors (Lipinski definition) is 3. The van der Waals surface area contributed by atoms with Crippen LogP contribution in [0.15, 0.2) is 24.3 Å². The van der Waals surface area contributed by atoms with Gasteiger partial charge in [0.1, 0.15) is 5.82 Å². The van der Waals surface area contributed by atoms with Crippen molar-refractivity contribution in [2.75, 3.05) is 13.7 Å². The Balaban J connectivity index is 2.66. The third-order valence-corrected chi connectivity index (χ3v) is 2.16. The van der Waals surface area contributed by atoms with Gasteiger partial charge in [-0.25, -0.2) is 9.18 Å². The van der Waals surface area contributed by atoms with Crippen molar-refractivity contribution in [3.8, 4) is 0 Å². The Morgan fingerprint density at radius 2 is 2.00 bits per heavy atom. The van der Waals surface area contributed by atoms with Gasteiger partial charge in [0.2, 0.25) is 0 Å². The first-order valence-electron chi connectivity index (χ1n) is 5.22. The third kappa shape index (κ3) is 3.55. The summed E-state index contributed by atoms with van der Waals surface area (Å²) in [6, 6.07) is 6.09. The van der Waals surface area contributed by atoms with Crippen LogP contribution in [-0.4, -0.2) is 30.4 Å². The number of esters is 1. The number of nitrogens with zero attached hydrogens (tertiary/aromatic N) is 1. The van der Waals surface area contributed by atoms with Crippen LogP contribution in [0.3, 0.4) is 0 Å². The first kappa shape index (κ1) is 13.2. The minimum absolute atomic E-state index is 0.0321. The molecule has 0 bridgehead atoms. The summed E-state index contributed by atoms with van der Waals surface area (Å²) in [4.78, 5) is 23.8. The molecule has 0 atom stereocenters. The van der Waals surface area contributed by atoms with Crippen molar-refractivity contribution in [1.29, 1.82) is 0 Å². The molecule has 0 spiro atoms. The van der Waals surface area contributed by atoms with Gasteiger partial charge < -0.3 is 9.64 Å². The molecule has 0 radical (unpaired) electrons. The minimum Gasteiger partial charge on any atom is -0.459 e. The number of halogens is 1. The number of amides is 1. The number of carbonyl (C=O) groups is 2. The Labute approximate surface area is 99.0 Å². The van der Waals surface area contributed by atoms with Gasteiger partial charge in [-0.15, -0.1) is 0 Å². The summed E-state index contributed by atoms with van der Waals surface area (Å²) < 4.78 is 17.9. The Kier molecular flexibility index (Phi) is 4.63. The normalized spacial score (nSPS) is 9.82. The molecule has 0 fully saturated rings. The molecule has 0 N–H and O–H groups in total. The number of rotatable bonds is 3. The topological polar surface area (TPSA) is 46.6 Å². The smallest absolute Gasteiger partial charge is 0.397 e. The Morgan fingerprint density at radius 3 is 2.59 bits per heavy atom. The van der Waals surface area contributed by atoms with Gasteiger partial charge in [0.05, 0.1) is 6.61 Å². The SMILES string of the molecule is CCOC(=O)C(=O)N(C)Cc1ccccc1F. The second-order valence-corrected chi connectivity index (χ2v) is 3.47. The van der Waals surface area contributed by atoms with Crippen molar-refractivity contribution in [2.24, 2.45) is 0 Å². The number of benzene rings is 1. The third-order valence-electron chi connectivity index (χ3n) is 2.16. The van der Waals surface area contributed by atoms with E-state index in [1.807, 2.05) is 0 Å². The summed E-state index contributed by atoms with van der Waals surface area (Å²) >= 11 is 0. The van der Waals surface area contributed by atoms with Gasteiger partial charge in [0.15, 0.2) is 0 Å². The molecule has 0 aromatic heterocycles. The summed E-state index contributed by atoms with van der Waals surface area (Å²) in [6.07, 6.45) is 0. The fourth-order valence-electron chi connectivity index (χ4n) is 1.30. The maximum atomic E-state index is 13.3. The van der Waals surface area contributed by atoms with Crippen LogP contribution in [0.4, 0.5) is 4.39 Å². The molecule has 0 saturated heterocycles. The van der Waals surface area contributed by atoms with Crippen molar-refractivity contribution in [3.05, 3.63) is 35.6 Å². The molecule has 0 aliphatic heterocycles. The van der Waals surface area contributed by atoms with Crippen LogP contribution >= 0.6 is 0 Å². The quantitative estimate of drug-likeness (QED) is 0.591. The highest BCUT2D eigenvalue weighted by atomic mass is 19.1. The van der Waals surface area contributed by atoms with E-state index in [0.29, 0.717) is 5.56 Å². The first-order valence-corrected chi connectivity index (χ1v) is 5.22. The maximum absolute atomic E-state index is 13.3. The van der Waals surface area contributed by atoms with E-state index < -0.39 is 17.7 Å². The molecule has 0 unspecified atom stereocenters. The second kappa shape index (κ2) is 5.98. The molecule has 1 aromatic carbocycles. The van der Waals surface area contributed by atoms with Gasteiger partial charge in [0, 0.05) is 19.2 Å². The zero-order valence-electron chi connectivity index (χ0n) is 9.77. The van der Waals surface area contributed by atoms with E-state index in [9.17, 15) is 14.0 Å². The van der Waals surface area contributed by atoms with E-state index in [1.165, 1.54) is 13.1 Å². The van der Waals surface area contributed by atoms with Crippen LogP contribution in [-0.2, 0) is 20.9 Å². The second-order valence-electron chi connectivity index (χ2n) is 3.47. The van der Waals surface area contributed by atoms with Gasteiger partial charge in [-0.3, -0.25) is 4.79 Å². The molecule has 5 heteroatoms. The summed E-state index contributed by atoms with van der Waals surface area (Å²) in [6.45, 7) is 1.78. The predicted octanol–water partition coefficient (Wildman–Crippen LogP) is 1.35. The lowest BCUT2D eigenvalue weighted by atomic mass is 10.2. The molecule has 0 saturated carbocycles. The average molecular weight is 239 g/mol. The van der Waals surface area contributed by atoms with Crippen LogP contribution in [0.25, 0.3) is 0 Å². The summed E-state index contributed by atoms with van der Waals surface area (Å²) in [7, 11) is 1.42. The highest BCUT2D eigenvalue weighted by Gasteiger charge is 2.20. The fourth-order valence-corrected chi connectivity index (χ4v) is 1.30. The summed E-state index contributed by atoms with van der Waals surface area (Å²) in [5.74, 6) is -2.11. The fraction of sp³-hybridized carbons (Fsp3) is 0.333. The van der Waals surface area contributed by atoms with Crippen LogP contribution in [0.1, 0.15) is 12.5 Å². The molecular weight excluding hydrogens is 225 g/mol. The number of ether oxygens (including phenoxy) is 1. The zero-order chi connectivity index (χ0) is 12.8. The van der Waals surface area contributed by atoms with Crippen molar-refractivity contribution < 1.29 is 18.7 Å². The molecule has 92 valence electrons. The summed E-state index contributed by atoms with van der Waals surface area (Å²) in [5.41, 5.74) is 0.354. The van der Waals surface area contributed by atoms with Crippen molar-refractivity contribution >= 4 is 11.9 Å². The number of hydrogen-bond donors (Lipinski definition) is 0. The molecule has 1 aromatic rings. The van der Waals surface area contributed by atoms with Gasteiger partial charge in [-0.1, -0.05) is 18.2 Å². The van der Waals surface area contributed by atoms with Crippen LogP contribution in [0.2, 0.25) is 0 Å². The van der Waals surface area contributed by atoms with E-state index in [1.54, 1.807) is 25.1 Å². The largest absolute Gasteiger partial charge is 0.459 e. The van der Waals surface area contributed by atoms with Gasteiger partial charge >= 0.3 is 11.9 Å². The van der Waals surface area contributed by atoms with Gasteiger partial charge in [0.25, 0.3) is 0 Å². The Hall–Kier alpha value is -1.91. The van der Waals surface area contributed by atoms with E-state index in [4.69, 9.17) is 0 Å². The molecule has 1 amide bonds. The van der Waals surface area contributed by atoms with E-state index in [2.05, 4.69) is 4.74 Å². The van der Waals surface area contributed by atoms with Gasteiger partial charge in [-0.2, -0.15) is 0 Å². The molecular formula is C12H14FNO3. The molecule has 4 nitrogen and oxygen atoms in total. The highest BCUT2D eigenvalue weighted by Crippen LogP contribution is 2.09. The van der Waals surface area contributed by atoms with Crippen molar-refractivity contribution in [3.63, 3.8) is 0 Å². The van der Waals surface area contributed by atoms with Crippen LogP contribution in [0.5, 0.6) is 0 Å². The van der Waals surface area contributed by atoms with Crippen LogP contribution in [0, 0.1) is 5.82 Å². The van der Waals surface area contributed by atoms with Crippen molar-refractivity contribution in [2.45, 2.75) is 13.5 Å². The minimum atomic E-state index is -0.925. The Bertz CT molecular complexity index is 420. The molecule has 0 aliphatic rings.